The Labute approximate surface area is 126 Å². The molecule has 1 amide bonds. The molecule has 0 atom stereocenters. The zero-order valence-corrected chi connectivity index (χ0v) is 12.0. The van der Waals surface area contributed by atoms with Gasteiger partial charge in [0.15, 0.2) is 6.29 Å². The molecule has 1 aromatic carbocycles. The molecule has 0 radical (unpaired) electrons. The lowest BCUT2D eigenvalue weighted by atomic mass is 10.3. The molecule has 1 heterocycles. The average molecular weight is 311 g/mol. The van der Waals surface area contributed by atoms with E-state index >= 15 is 0 Å². The van der Waals surface area contributed by atoms with E-state index in [1.165, 1.54) is 0 Å². The van der Waals surface area contributed by atoms with E-state index in [9.17, 15) is 9.59 Å². The summed E-state index contributed by atoms with van der Waals surface area (Å²) in [6.07, 6.45) is 2.77. The van der Waals surface area contributed by atoms with Gasteiger partial charge >= 0.3 is 0 Å². The zero-order valence-electron chi connectivity index (χ0n) is 10.5. The third-order valence-electron chi connectivity index (χ3n) is 2.71. The van der Waals surface area contributed by atoms with Crippen LogP contribution in [-0.4, -0.2) is 16.8 Å². The van der Waals surface area contributed by atoms with Crippen LogP contribution in [0.1, 0.15) is 16.9 Å². The molecule has 2 rings (SSSR count). The lowest BCUT2D eigenvalue weighted by Crippen LogP contribution is -2.15. The Hall–Kier alpha value is -1.78. The number of rotatable bonds is 5. The maximum absolute atomic E-state index is 11.8. The molecule has 2 aromatic rings. The summed E-state index contributed by atoms with van der Waals surface area (Å²) in [5, 5.41) is 3.63. The zero-order chi connectivity index (χ0) is 14.5. The van der Waals surface area contributed by atoms with Gasteiger partial charge in [-0.2, -0.15) is 0 Å². The molecule has 6 heteroatoms. The van der Waals surface area contributed by atoms with Crippen LogP contribution in [0.3, 0.4) is 0 Å². The van der Waals surface area contributed by atoms with Crippen LogP contribution in [0.25, 0.3) is 0 Å². The second-order valence-electron chi connectivity index (χ2n) is 4.20. The number of nitrogens with zero attached hydrogens (tertiary/aromatic N) is 1. The van der Waals surface area contributed by atoms with Gasteiger partial charge in [-0.3, -0.25) is 9.59 Å². The second kappa shape index (κ2) is 6.59. The monoisotopic (exact) mass is 310 g/mol. The number of carbonyl (C=O) groups is 2. The Bertz CT molecular complexity index is 618. The van der Waals surface area contributed by atoms with Gasteiger partial charge in [-0.25, -0.2) is 0 Å². The largest absolute Gasteiger partial charge is 0.345 e. The smallest absolute Gasteiger partial charge is 0.226 e. The van der Waals surface area contributed by atoms with E-state index in [1.54, 1.807) is 41.1 Å². The Morgan fingerprint density at radius 2 is 1.95 bits per heavy atom. The molecule has 0 spiro atoms. The molecule has 0 aliphatic rings. The Balaban J connectivity index is 1.94. The van der Waals surface area contributed by atoms with Crippen molar-refractivity contribution in [2.75, 3.05) is 5.32 Å². The highest BCUT2D eigenvalue weighted by molar-refractivity contribution is 6.35. The Morgan fingerprint density at radius 3 is 2.60 bits per heavy atom. The summed E-state index contributed by atoms with van der Waals surface area (Å²) in [6.45, 7) is 0.432. The van der Waals surface area contributed by atoms with Gasteiger partial charge in [0, 0.05) is 34.9 Å². The first kappa shape index (κ1) is 14.6. The van der Waals surface area contributed by atoms with Crippen molar-refractivity contribution in [2.45, 2.75) is 13.0 Å². The number of hydrogen-bond acceptors (Lipinski definition) is 2. The average Bonchev–Trinajstić information content (AvgIpc) is 2.82. The molecule has 0 saturated carbocycles. The van der Waals surface area contributed by atoms with Crippen LogP contribution in [-0.2, 0) is 11.3 Å². The fourth-order valence-corrected chi connectivity index (χ4v) is 2.34. The lowest BCUT2D eigenvalue weighted by molar-refractivity contribution is -0.116. The molecule has 0 fully saturated rings. The van der Waals surface area contributed by atoms with E-state index in [4.69, 9.17) is 23.2 Å². The van der Waals surface area contributed by atoms with Crippen LogP contribution >= 0.6 is 23.2 Å². The topological polar surface area (TPSA) is 51.1 Å². The highest BCUT2D eigenvalue weighted by Gasteiger charge is 2.06. The molecule has 1 N–H and O–H groups in total. The summed E-state index contributed by atoms with van der Waals surface area (Å²) >= 11 is 11.7. The first-order chi connectivity index (χ1) is 9.58. The number of hydrogen-bond donors (Lipinski definition) is 1. The van der Waals surface area contributed by atoms with Gasteiger partial charge in [-0.05, 0) is 30.3 Å². The molecule has 0 bridgehead atoms. The molecular formula is C14H12Cl2N2O2. The lowest BCUT2D eigenvalue weighted by Gasteiger charge is -2.08. The van der Waals surface area contributed by atoms with Gasteiger partial charge in [0.2, 0.25) is 5.91 Å². The van der Waals surface area contributed by atoms with Gasteiger partial charge in [0.05, 0.1) is 5.69 Å². The number of aryl methyl sites for hydroxylation is 1. The van der Waals surface area contributed by atoms with Crippen molar-refractivity contribution in [1.29, 1.82) is 0 Å². The first-order valence-corrected chi connectivity index (χ1v) is 6.70. The van der Waals surface area contributed by atoms with Gasteiger partial charge in [-0.1, -0.05) is 23.2 Å². The number of aromatic nitrogens is 1. The van der Waals surface area contributed by atoms with Crippen molar-refractivity contribution in [2.24, 2.45) is 0 Å². The summed E-state index contributed by atoms with van der Waals surface area (Å²) in [5.74, 6) is -0.172. The van der Waals surface area contributed by atoms with Gasteiger partial charge in [0.25, 0.3) is 0 Å². The van der Waals surface area contributed by atoms with Crippen LogP contribution in [0.2, 0.25) is 10.0 Å². The number of carbonyl (C=O) groups excluding carboxylic acids is 2. The minimum absolute atomic E-state index is 0.172. The molecule has 1 aromatic heterocycles. The van der Waals surface area contributed by atoms with Crippen molar-refractivity contribution in [1.82, 2.24) is 4.57 Å². The molecule has 0 aliphatic heterocycles. The number of benzene rings is 1. The van der Waals surface area contributed by atoms with Gasteiger partial charge in [0.1, 0.15) is 0 Å². The van der Waals surface area contributed by atoms with Crippen LogP contribution in [0.15, 0.2) is 36.5 Å². The van der Waals surface area contributed by atoms with E-state index in [0.717, 1.165) is 6.29 Å². The van der Waals surface area contributed by atoms with Crippen LogP contribution in [0, 0.1) is 0 Å². The normalized spacial score (nSPS) is 10.3. The summed E-state index contributed by atoms with van der Waals surface area (Å²) in [4.78, 5) is 22.6. The van der Waals surface area contributed by atoms with Crippen molar-refractivity contribution in [3.63, 3.8) is 0 Å². The SMILES string of the molecule is O=Cc1cccn1CCC(=O)Nc1cc(Cl)cc(Cl)c1. The van der Waals surface area contributed by atoms with E-state index < -0.39 is 0 Å². The van der Waals surface area contributed by atoms with E-state index in [0.29, 0.717) is 28.0 Å². The molecular weight excluding hydrogens is 299 g/mol. The number of amides is 1. The van der Waals surface area contributed by atoms with Crippen LogP contribution < -0.4 is 5.32 Å². The Kier molecular flexibility index (Phi) is 4.82. The van der Waals surface area contributed by atoms with Crippen molar-refractivity contribution >= 4 is 41.1 Å². The van der Waals surface area contributed by atoms with Crippen molar-refractivity contribution < 1.29 is 9.59 Å². The quantitative estimate of drug-likeness (QED) is 0.857. The summed E-state index contributed by atoms with van der Waals surface area (Å²) < 4.78 is 1.72. The Morgan fingerprint density at radius 1 is 1.25 bits per heavy atom. The number of nitrogens with one attached hydrogen (secondary N) is 1. The predicted molar refractivity (Wildman–Crippen MR) is 79.5 cm³/mol. The van der Waals surface area contributed by atoms with Crippen LogP contribution in [0.4, 0.5) is 5.69 Å². The van der Waals surface area contributed by atoms with E-state index in [2.05, 4.69) is 5.32 Å². The number of anilines is 1. The molecule has 0 unspecified atom stereocenters. The maximum atomic E-state index is 11.8. The van der Waals surface area contributed by atoms with Crippen LogP contribution in [0.5, 0.6) is 0 Å². The first-order valence-electron chi connectivity index (χ1n) is 5.95. The number of halogens is 2. The highest BCUT2D eigenvalue weighted by atomic mass is 35.5. The fourth-order valence-electron chi connectivity index (χ4n) is 1.81. The standard InChI is InChI=1S/C14H12Cl2N2O2/c15-10-6-11(16)8-12(7-10)17-14(20)3-5-18-4-1-2-13(18)9-19/h1-2,4,6-9H,3,5H2,(H,17,20). The van der Waals surface area contributed by atoms with E-state index in [-0.39, 0.29) is 12.3 Å². The fraction of sp³-hybridized carbons (Fsp3) is 0.143. The summed E-state index contributed by atoms with van der Waals surface area (Å²) in [6, 6.07) is 8.30. The molecule has 0 aliphatic carbocycles. The molecule has 104 valence electrons. The highest BCUT2D eigenvalue weighted by Crippen LogP contribution is 2.22. The predicted octanol–water partition coefficient (Wildman–Crippen LogP) is 3.64. The van der Waals surface area contributed by atoms with Crippen molar-refractivity contribution in [3.8, 4) is 0 Å². The molecule has 20 heavy (non-hydrogen) atoms. The minimum atomic E-state index is -0.172. The molecule has 4 nitrogen and oxygen atoms in total. The third-order valence-corrected chi connectivity index (χ3v) is 3.15. The van der Waals surface area contributed by atoms with Gasteiger partial charge in [-0.15, -0.1) is 0 Å². The molecule has 0 saturated heterocycles. The minimum Gasteiger partial charge on any atom is -0.345 e. The van der Waals surface area contributed by atoms with Crippen molar-refractivity contribution in [3.05, 3.63) is 52.3 Å². The van der Waals surface area contributed by atoms with Gasteiger partial charge < -0.3 is 9.88 Å². The van der Waals surface area contributed by atoms with E-state index in [1.807, 2.05) is 0 Å². The summed E-state index contributed by atoms with van der Waals surface area (Å²) in [7, 11) is 0. The summed E-state index contributed by atoms with van der Waals surface area (Å²) in [5.41, 5.74) is 1.10. The third kappa shape index (κ3) is 3.85. The maximum Gasteiger partial charge on any atom is 0.226 e. The second-order valence-corrected chi connectivity index (χ2v) is 5.07. The number of aldehydes is 1.